The van der Waals surface area contributed by atoms with E-state index in [-0.39, 0.29) is 24.9 Å². The molecule has 1 aliphatic carbocycles. The summed E-state index contributed by atoms with van der Waals surface area (Å²) in [4.78, 5) is 6.52. The SMILES string of the molecule is FC1(F)CC(NC2CN(c3ccc(-n4cc5c(n4)-c4cccnc4OC5)cc3)C2)C1. The van der Waals surface area contributed by atoms with E-state index in [1.54, 1.807) is 6.20 Å². The number of alkyl halides is 2. The van der Waals surface area contributed by atoms with Crippen LogP contribution in [-0.2, 0) is 6.61 Å². The van der Waals surface area contributed by atoms with E-state index in [9.17, 15) is 8.78 Å². The number of hydrogen-bond acceptors (Lipinski definition) is 5. The smallest absolute Gasteiger partial charge is 0.251 e. The lowest BCUT2D eigenvalue weighted by atomic mass is 9.87. The zero-order chi connectivity index (χ0) is 20.3. The number of benzene rings is 1. The van der Waals surface area contributed by atoms with E-state index >= 15 is 0 Å². The average Bonchev–Trinajstić information content (AvgIpc) is 3.14. The lowest BCUT2D eigenvalue weighted by molar-refractivity contribution is -0.0952. The highest BCUT2D eigenvalue weighted by molar-refractivity contribution is 5.69. The fourth-order valence-corrected chi connectivity index (χ4v) is 4.43. The summed E-state index contributed by atoms with van der Waals surface area (Å²) >= 11 is 0. The molecule has 2 fully saturated rings. The van der Waals surface area contributed by atoms with Crippen molar-refractivity contribution in [3.05, 3.63) is 54.4 Å². The Morgan fingerprint density at radius 2 is 1.80 bits per heavy atom. The Morgan fingerprint density at radius 1 is 1.03 bits per heavy atom. The number of nitrogens with zero attached hydrogens (tertiary/aromatic N) is 4. The van der Waals surface area contributed by atoms with Crippen LogP contribution in [0.15, 0.2) is 48.8 Å². The molecule has 0 spiro atoms. The van der Waals surface area contributed by atoms with Gasteiger partial charge in [-0.3, -0.25) is 0 Å². The molecule has 6 nitrogen and oxygen atoms in total. The van der Waals surface area contributed by atoms with Crippen molar-refractivity contribution in [1.29, 1.82) is 0 Å². The summed E-state index contributed by atoms with van der Waals surface area (Å²) in [6, 6.07) is 12.4. The third kappa shape index (κ3) is 3.02. The molecule has 1 N–H and O–H groups in total. The van der Waals surface area contributed by atoms with Crippen molar-refractivity contribution in [2.45, 2.75) is 37.5 Å². The Morgan fingerprint density at radius 3 is 2.57 bits per heavy atom. The first-order chi connectivity index (χ1) is 14.5. The second-order valence-corrected chi connectivity index (χ2v) is 8.34. The first kappa shape index (κ1) is 17.8. The number of halogens is 2. The van der Waals surface area contributed by atoms with Crippen LogP contribution in [0, 0.1) is 0 Å². The van der Waals surface area contributed by atoms with Crippen molar-refractivity contribution >= 4 is 5.69 Å². The first-order valence-electron chi connectivity index (χ1n) is 10.2. The molecule has 0 radical (unpaired) electrons. The Labute approximate surface area is 172 Å². The molecule has 8 heteroatoms. The molecule has 154 valence electrons. The highest BCUT2D eigenvalue weighted by Crippen LogP contribution is 2.38. The van der Waals surface area contributed by atoms with Gasteiger partial charge in [-0.15, -0.1) is 0 Å². The van der Waals surface area contributed by atoms with Crippen LogP contribution in [0.2, 0.25) is 0 Å². The number of ether oxygens (including phenoxy) is 1. The fourth-order valence-electron chi connectivity index (χ4n) is 4.43. The molecule has 2 aliphatic heterocycles. The Bertz CT molecular complexity index is 1080. The molecule has 1 aromatic carbocycles. The largest absolute Gasteiger partial charge is 0.472 e. The second-order valence-electron chi connectivity index (χ2n) is 8.34. The Balaban J connectivity index is 1.12. The molecule has 0 unspecified atom stereocenters. The van der Waals surface area contributed by atoms with Gasteiger partial charge in [-0.25, -0.2) is 18.4 Å². The van der Waals surface area contributed by atoms with Crippen LogP contribution in [-0.4, -0.2) is 45.9 Å². The quantitative estimate of drug-likeness (QED) is 0.716. The van der Waals surface area contributed by atoms with E-state index in [2.05, 4.69) is 27.3 Å². The minimum atomic E-state index is -2.46. The molecule has 1 saturated carbocycles. The van der Waals surface area contributed by atoms with Crippen LogP contribution < -0.4 is 15.0 Å². The summed E-state index contributed by atoms with van der Waals surface area (Å²) in [5.74, 6) is -1.84. The number of nitrogens with one attached hydrogen (secondary N) is 1. The maximum absolute atomic E-state index is 13.0. The number of fused-ring (bicyclic) bond motifs is 3. The second kappa shape index (κ2) is 6.50. The zero-order valence-corrected chi connectivity index (χ0v) is 16.3. The molecular weight excluding hydrogens is 388 g/mol. The summed E-state index contributed by atoms with van der Waals surface area (Å²) in [6.45, 7) is 2.16. The third-order valence-corrected chi connectivity index (χ3v) is 6.10. The monoisotopic (exact) mass is 409 g/mol. The van der Waals surface area contributed by atoms with Crippen LogP contribution in [0.3, 0.4) is 0 Å². The van der Waals surface area contributed by atoms with Gasteiger partial charge in [0.1, 0.15) is 12.3 Å². The maximum atomic E-state index is 13.0. The van der Waals surface area contributed by atoms with Crippen molar-refractivity contribution in [2.24, 2.45) is 0 Å². The maximum Gasteiger partial charge on any atom is 0.251 e. The lowest BCUT2D eigenvalue weighted by Crippen LogP contribution is -2.63. The number of anilines is 1. The average molecular weight is 409 g/mol. The van der Waals surface area contributed by atoms with E-state index in [0.717, 1.165) is 41.3 Å². The van der Waals surface area contributed by atoms with Gasteiger partial charge in [-0.1, -0.05) is 0 Å². The van der Waals surface area contributed by atoms with Gasteiger partial charge in [-0.05, 0) is 36.4 Å². The van der Waals surface area contributed by atoms with Gasteiger partial charge in [0.25, 0.3) is 5.92 Å². The molecule has 2 aromatic heterocycles. The van der Waals surface area contributed by atoms with Crippen LogP contribution in [0.5, 0.6) is 5.88 Å². The minimum absolute atomic E-state index is 0.0301. The first-order valence-corrected chi connectivity index (χ1v) is 10.2. The van der Waals surface area contributed by atoms with Gasteiger partial charge in [0.15, 0.2) is 0 Å². The van der Waals surface area contributed by atoms with Gasteiger partial charge in [0, 0.05) is 61.7 Å². The van der Waals surface area contributed by atoms with E-state index < -0.39 is 5.92 Å². The van der Waals surface area contributed by atoms with Crippen LogP contribution in [0.25, 0.3) is 16.9 Å². The zero-order valence-electron chi connectivity index (χ0n) is 16.3. The summed E-state index contributed by atoms with van der Waals surface area (Å²) < 4.78 is 33.5. The van der Waals surface area contributed by atoms with Crippen LogP contribution in [0.4, 0.5) is 14.5 Å². The fraction of sp³-hybridized carbons (Fsp3) is 0.364. The Kier molecular flexibility index (Phi) is 3.86. The molecule has 4 heterocycles. The molecule has 0 amide bonds. The van der Waals surface area contributed by atoms with E-state index in [0.29, 0.717) is 12.5 Å². The summed E-state index contributed by atoms with van der Waals surface area (Å²) in [5, 5.41) is 8.08. The predicted octanol–water partition coefficient (Wildman–Crippen LogP) is 3.40. The minimum Gasteiger partial charge on any atom is -0.472 e. The van der Waals surface area contributed by atoms with E-state index in [1.807, 2.05) is 35.1 Å². The standard InChI is InChI=1S/C22H21F2N5O/c23-22(24)8-15(9-22)26-16-11-28(12-16)17-3-5-18(6-4-17)29-10-14-13-30-21-19(20(14)27-29)2-1-7-25-21/h1-7,10,15-16,26H,8-9,11-13H2. The van der Waals surface area contributed by atoms with Gasteiger partial charge in [0.2, 0.25) is 5.88 Å². The molecule has 0 atom stereocenters. The van der Waals surface area contributed by atoms with Crippen molar-refractivity contribution < 1.29 is 13.5 Å². The summed E-state index contributed by atoms with van der Waals surface area (Å²) in [5.41, 5.74) is 4.97. The topological polar surface area (TPSA) is 55.2 Å². The van der Waals surface area contributed by atoms with Crippen molar-refractivity contribution in [3.63, 3.8) is 0 Å². The number of pyridine rings is 1. The van der Waals surface area contributed by atoms with Gasteiger partial charge in [0.05, 0.1) is 11.3 Å². The van der Waals surface area contributed by atoms with Gasteiger partial charge >= 0.3 is 0 Å². The third-order valence-electron chi connectivity index (χ3n) is 6.10. The van der Waals surface area contributed by atoms with Gasteiger partial charge in [-0.2, -0.15) is 5.10 Å². The van der Waals surface area contributed by atoms with Gasteiger partial charge < -0.3 is 15.0 Å². The lowest BCUT2D eigenvalue weighted by Gasteiger charge is -2.46. The number of aromatic nitrogens is 3. The van der Waals surface area contributed by atoms with Crippen molar-refractivity contribution in [1.82, 2.24) is 20.1 Å². The summed E-state index contributed by atoms with van der Waals surface area (Å²) in [6.07, 6.45) is 3.66. The molecule has 3 aromatic rings. The summed E-state index contributed by atoms with van der Waals surface area (Å²) in [7, 11) is 0. The van der Waals surface area contributed by atoms with Crippen LogP contribution in [0.1, 0.15) is 18.4 Å². The molecular formula is C22H21F2N5O. The van der Waals surface area contributed by atoms with Crippen molar-refractivity contribution in [3.8, 4) is 22.8 Å². The molecule has 6 rings (SSSR count). The van der Waals surface area contributed by atoms with E-state index in [4.69, 9.17) is 9.84 Å². The highest BCUT2D eigenvalue weighted by atomic mass is 19.3. The normalized spacial score (nSPS) is 20.0. The molecule has 0 bridgehead atoms. The Hall–Kier alpha value is -3.00. The highest BCUT2D eigenvalue weighted by Gasteiger charge is 2.46. The molecule has 1 saturated heterocycles. The number of rotatable bonds is 4. The molecule has 3 aliphatic rings. The van der Waals surface area contributed by atoms with E-state index in [1.165, 1.54) is 0 Å². The van der Waals surface area contributed by atoms with Crippen molar-refractivity contribution in [2.75, 3.05) is 18.0 Å². The predicted molar refractivity (Wildman–Crippen MR) is 108 cm³/mol. The molecule has 30 heavy (non-hydrogen) atoms. The number of hydrogen-bond donors (Lipinski definition) is 1. The van der Waals surface area contributed by atoms with Crippen LogP contribution >= 0.6 is 0 Å².